The molecule has 1 aromatic heterocycles. The zero-order chi connectivity index (χ0) is 19.9. The second kappa shape index (κ2) is 7.23. The molecule has 1 aliphatic heterocycles. The number of amides is 1. The molecule has 0 N–H and O–H groups in total. The summed E-state index contributed by atoms with van der Waals surface area (Å²) in [6.45, 7) is 0.655. The molecule has 1 saturated heterocycles. The van der Waals surface area contributed by atoms with Crippen molar-refractivity contribution >= 4 is 37.4 Å². The number of halogens is 2. The molecule has 28 heavy (non-hydrogen) atoms. The maximum absolute atomic E-state index is 13.9. The van der Waals surface area contributed by atoms with Crippen molar-refractivity contribution in [1.29, 1.82) is 0 Å². The van der Waals surface area contributed by atoms with Gasteiger partial charge >= 0.3 is 0 Å². The highest BCUT2D eigenvalue weighted by Crippen LogP contribution is 2.29. The highest BCUT2D eigenvalue weighted by Gasteiger charge is 2.31. The van der Waals surface area contributed by atoms with Crippen LogP contribution in [0, 0.1) is 11.6 Å². The van der Waals surface area contributed by atoms with E-state index in [1.54, 1.807) is 17.0 Å². The molecule has 0 bridgehead atoms. The van der Waals surface area contributed by atoms with E-state index in [9.17, 15) is 22.0 Å². The third-order valence-corrected chi connectivity index (χ3v) is 7.66. The summed E-state index contributed by atoms with van der Waals surface area (Å²) in [4.78, 5) is 14.6. The minimum absolute atomic E-state index is 0.104. The van der Waals surface area contributed by atoms with Crippen molar-refractivity contribution < 1.29 is 22.0 Å². The smallest absolute Gasteiger partial charge is 0.264 e. The molecule has 0 saturated carbocycles. The van der Waals surface area contributed by atoms with E-state index in [2.05, 4.69) is 0 Å². The van der Waals surface area contributed by atoms with Crippen molar-refractivity contribution in [1.82, 2.24) is 9.21 Å². The third kappa shape index (κ3) is 3.41. The molecule has 0 unspecified atom stereocenters. The average molecular weight is 422 g/mol. The summed E-state index contributed by atoms with van der Waals surface area (Å²) in [5, 5.41) is 0.406. The van der Waals surface area contributed by atoms with Crippen LogP contribution in [-0.4, -0.2) is 49.7 Å². The predicted molar refractivity (Wildman–Crippen MR) is 103 cm³/mol. The van der Waals surface area contributed by atoms with Crippen LogP contribution in [0.1, 0.15) is 9.67 Å². The van der Waals surface area contributed by atoms with E-state index < -0.39 is 15.8 Å². The Morgan fingerprint density at radius 2 is 1.68 bits per heavy atom. The van der Waals surface area contributed by atoms with Gasteiger partial charge in [-0.2, -0.15) is 4.31 Å². The van der Waals surface area contributed by atoms with E-state index in [0.29, 0.717) is 15.0 Å². The van der Waals surface area contributed by atoms with Gasteiger partial charge in [-0.15, -0.1) is 11.3 Å². The zero-order valence-corrected chi connectivity index (χ0v) is 16.3. The van der Waals surface area contributed by atoms with Crippen LogP contribution in [0.25, 0.3) is 10.1 Å². The van der Waals surface area contributed by atoms with Crippen molar-refractivity contribution in [3.8, 4) is 0 Å². The van der Waals surface area contributed by atoms with E-state index in [-0.39, 0.29) is 42.8 Å². The molecule has 4 rings (SSSR count). The zero-order valence-electron chi connectivity index (χ0n) is 14.6. The Morgan fingerprint density at radius 3 is 2.36 bits per heavy atom. The number of fused-ring (bicyclic) bond motifs is 1. The third-order valence-electron chi connectivity index (χ3n) is 4.68. The van der Waals surface area contributed by atoms with E-state index in [4.69, 9.17) is 0 Å². The predicted octanol–water partition coefficient (Wildman–Crippen LogP) is 3.33. The Labute approximate surface area is 164 Å². The second-order valence-electron chi connectivity index (χ2n) is 6.42. The van der Waals surface area contributed by atoms with Crippen LogP contribution in [0.2, 0.25) is 0 Å². The summed E-state index contributed by atoms with van der Waals surface area (Å²) in [5.41, 5.74) is 0. The van der Waals surface area contributed by atoms with Crippen molar-refractivity contribution in [3.05, 3.63) is 65.0 Å². The van der Waals surface area contributed by atoms with Gasteiger partial charge in [-0.1, -0.05) is 12.1 Å². The number of sulfonamides is 1. The van der Waals surface area contributed by atoms with Crippen molar-refractivity contribution in [2.45, 2.75) is 4.90 Å². The van der Waals surface area contributed by atoms with Crippen molar-refractivity contribution in [2.24, 2.45) is 0 Å². The van der Waals surface area contributed by atoms with Gasteiger partial charge in [0.15, 0.2) is 0 Å². The van der Waals surface area contributed by atoms with Crippen LogP contribution >= 0.6 is 11.3 Å². The Bertz CT molecular complexity index is 1150. The maximum Gasteiger partial charge on any atom is 0.264 e. The molecule has 0 spiro atoms. The lowest BCUT2D eigenvalue weighted by Gasteiger charge is -2.33. The molecule has 5 nitrogen and oxygen atoms in total. The minimum atomic E-state index is -3.82. The minimum Gasteiger partial charge on any atom is -0.335 e. The Hall–Kier alpha value is -2.36. The second-order valence-corrected chi connectivity index (χ2v) is 9.44. The number of rotatable bonds is 3. The Morgan fingerprint density at radius 1 is 0.964 bits per heavy atom. The number of benzene rings is 2. The highest BCUT2D eigenvalue weighted by molar-refractivity contribution is 7.89. The molecule has 2 aromatic carbocycles. The van der Waals surface area contributed by atoms with E-state index >= 15 is 0 Å². The first-order valence-electron chi connectivity index (χ1n) is 8.59. The summed E-state index contributed by atoms with van der Waals surface area (Å²) >= 11 is 1.21. The number of nitrogens with zero attached hydrogens (tertiary/aromatic N) is 2. The highest BCUT2D eigenvalue weighted by atomic mass is 32.2. The van der Waals surface area contributed by atoms with Crippen LogP contribution in [0.5, 0.6) is 0 Å². The van der Waals surface area contributed by atoms with Gasteiger partial charge in [0.05, 0.1) is 9.77 Å². The van der Waals surface area contributed by atoms with Gasteiger partial charge in [-0.05, 0) is 36.4 Å². The van der Waals surface area contributed by atoms with Crippen LogP contribution < -0.4 is 0 Å². The van der Waals surface area contributed by atoms with E-state index in [1.165, 1.54) is 46.0 Å². The summed E-state index contributed by atoms with van der Waals surface area (Å²) < 4.78 is 54.5. The van der Waals surface area contributed by atoms with Gasteiger partial charge in [0.2, 0.25) is 10.0 Å². The molecule has 0 radical (unpaired) electrons. The van der Waals surface area contributed by atoms with Crippen LogP contribution in [0.15, 0.2) is 53.4 Å². The number of carbonyl (C=O) groups is 1. The number of thiophene rings is 1. The summed E-state index contributed by atoms with van der Waals surface area (Å²) in [7, 11) is -3.82. The molecule has 0 aliphatic carbocycles. The first-order valence-corrected chi connectivity index (χ1v) is 10.8. The Kier molecular flexibility index (Phi) is 4.90. The standard InChI is InChI=1S/C19H16F2N2O3S2/c20-13-3-1-4-14(11-13)28(25,26)23-9-7-22(8-10-23)19(24)18-12-15-16(21)5-2-6-17(15)27-18/h1-6,11-12H,7-10H2. The van der Waals surface area contributed by atoms with E-state index in [0.717, 1.165) is 6.07 Å². The van der Waals surface area contributed by atoms with Gasteiger partial charge in [0.25, 0.3) is 5.91 Å². The molecule has 1 amide bonds. The number of carbonyl (C=O) groups excluding carboxylic acids is 1. The lowest BCUT2D eigenvalue weighted by molar-refractivity contribution is 0.0703. The molecule has 2 heterocycles. The summed E-state index contributed by atoms with van der Waals surface area (Å²) in [6, 6.07) is 11.1. The summed E-state index contributed by atoms with van der Waals surface area (Å²) in [6.07, 6.45) is 0. The number of piperazine rings is 1. The fourth-order valence-corrected chi connectivity index (χ4v) is 5.69. The fourth-order valence-electron chi connectivity index (χ4n) is 3.19. The number of hydrogen-bond donors (Lipinski definition) is 0. The molecule has 1 aliphatic rings. The van der Waals surface area contributed by atoms with Crippen LogP contribution in [0.3, 0.4) is 0 Å². The van der Waals surface area contributed by atoms with Gasteiger partial charge in [-0.25, -0.2) is 17.2 Å². The molecule has 146 valence electrons. The normalized spacial score (nSPS) is 15.9. The first-order chi connectivity index (χ1) is 13.4. The summed E-state index contributed by atoms with van der Waals surface area (Å²) in [5.74, 6) is -1.24. The van der Waals surface area contributed by atoms with Gasteiger partial charge in [0, 0.05) is 36.3 Å². The van der Waals surface area contributed by atoms with Crippen molar-refractivity contribution in [2.75, 3.05) is 26.2 Å². The largest absolute Gasteiger partial charge is 0.335 e. The molecule has 0 atom stereocenters. The molecule has 3 aromatic rings. The quantitative estimate of drug-likeness (QED) is 0.651. The fraction of sp³-hybridized carbons (Fsp3) is 0.211. The van der Waals surface area contributed by atoms with Gasteiger partial charge in [-0.3, -0.25) is 4.79 Å². The van der Waals surface area contributed by atoms with Gasteiger partial charge in [0.1, 0.15) is 11.6 Å². The molecular weight excluding hydrogens is 406 g/mol. The van der Waals surface area contributed by atoms with Gasteiger partial charge < -0.3 is 4.90 Å². The molecular formula is C19H16F2N2O3S2. The van der Waals surface area contributed by atoms with Crippen LogP contribution in [-0.2, 0) is 10.0 Å². The maximum atomic E-state index is 13.9. The lowest BCUT2D eigenvalue weighted by atomic mass is 10.2. The average Bonchev–Trinajstić information content (AvgIpc) is 3.13. The SMILES string of the molecule is O=C(c1cc2c(F)cccc2s1)N1CCN(S(=O)(=O)c2cccc(F)c2)CC1. The van der Waals surface area contributed by atoms with Crippen LogP contribution in [0.4, 0.5) is 8.78 Å². The lowest BCUT2D eigenvalue weighted by Crippen LogP contribution is -2.50. The molecule has 9 heteroatoms. The topological polar surface area (TPSA) is 57.7 Å². The first kappa shape index (κ1) is 19.0. The van der Waals surface area contributed by atoms with E-state index in [1.807, 2.05) is 0 Å². The van der Waals surface area contributed by atoms with Crippen molar-refractivity contribution in [3.63, 3.8) is 0 Å². The monoisotopic (exact) mass is 422 g/mol. The Balaban J connectivity index is 1.49. The number of hydrogen-bond acceptors (Lipinski definition) is 4. The molecule has 1 fully saturated rings.